The molecule has 4 aliphatic carbocycles. The molecule has 0 bridgehead atoms. The molecule has 11 nitrogen and oxygen atoms in total. The fraction of sp³-hybridized carbons (Fsp3) is 0.519. The van der Waals surface area contributed by atoms with Gasteiger partial charge in [0.25, 0.3) is 5.91 Å². The highest BCUT2D eigenvalue weighted by Crippen LogP contribution is 2.56. The summed E-state index contributed by atoms with van der Waals surface area (Å²) in [6.07, 6.45) is 2.38. The van der Waals surface area contributed by atoms with Crippen LogP contribution in [0, 0.1) is 11.8 Å². The number of aliphatic hydroxyl groups is 4. The van der Waals surface area contributed by atoms with Gasteiger partial charge < -0.3 is 36.6 Å². The smallest absolute Gasteiger partial charge is 0.255 e. The van der Waals surface area contributed by atoms with Crippen LogP contribution >= 0.6 is 0 Å². The Hall–Kier alpha value is -3.41. The van der Waals surface area contributed by atoms with Crippen molar-refractivity contribution in [1.29, 1.82) is 0 Å². The monoisotopic (exact) mass is 527 g/mol. The van der Waals surface area contributed by atoms with Crippen LogP contribution in [0.2, 0.25) is 0 Å². The van der Waals surface area contributed by atoms with Crippen molar-refractivity contribution in [1.82, 2.24) is 4.90 Å². The lowest BCUT2D eigenvalue weighted by Gasteiger charge is -2.53. The minimum atomic E-state index is -2.92. The summed E-state index contributed by atoms with van der Waals surface area (Å²) in [6, 6.07) is 2.18. The number of hydrogen-bond acceptors (Lipinski definition) is 10. The lowest BCUT2D eigenvalue weighted by Crippen LogP contribution is -2.70. The van der Waals surface area contributed by atoms with E-state index in [0.717, 1.165) is 25.7 Å². The van der Waals surface area contributed by atoms with Crippen LogP contribution in [0.1, 0.15) is 49.7 Å². The van der Waals surface area contributed by atoms with E-state index < -0.39 is 75.6 Å². The number of benzene rings is 1. The number of nitrogens with two attached hydrogens (primary N) is 1. The molecule has 2 fully saturated rings. The number of primary amides is 1. The highest BCUT2D eigenvalue weighted by atomic mass is 16.4. The normalized spacial score (nSPS) is 33.4. The molecule has 0 aliphatic heterocycles. The lowest BCUT2D eigenvalue weighted by atomic mass is 9.54. The van der Waals surface area contributed by atoms with E-state index in [1.54, 1.807) is 19.1 Å². The van der Waals surface area contributed by atoms with Gasteiger partial charge >= 0.3 is 0 Å². The first-order valence-electron chi connectivity index (χ1n) is 12.8. The van der Waals surface area contributed by atoms with Crippen molar-refractivity contribution < 1.29 is 39.9 Å². The minimum Gasteiger partial charge on any atom is -0.508 e. The summed E-state index contributed by atoms with van der Waals surface area (Å²) >= 11 is 0. The van der Waals surface area contributed by atoms with Gasteiger partial charge in [-0.05, 0) is 44.5 Å². The van der Waals surface area contributed by atoms with E-state index in [0.29, 0.717) is 11.3 Å². The number of phenolic OH excluding ortho intramolecular Hbond substituents is 1. The van der Waals surface area contributed by atoms with Crippen LogP contribution in [0.3, 0.4) is 0 Å². The van der Waals surface area contributed by atoms with E-state index in [9.17, 15) is 39.9 Å². The maximum Gasteiger partial charge on any atom is 0.255 e. The van der Waals surface area contributed by atoms with Crippen molar-refractivity contribution >= 4 is 28.9 Å². The summed E-state index contributed by atoms with van der Waals surface area (Å²) in [4.78, 5) is 40.7. The number of nitrogens with zero attached hydrogens (tertiary/aromatic N) is 1. The summed E-state index contributed by atoms with van der Waals surface area (Å²) in [6.45, 7) is 1.71. The number of hydrogen-bond donors (Lipinski definition) is 7. The Morgan fingerprint density at radius 1 is 1.13 bits per heavy atom. The largest absolute Gasteiger partial charge is 0.508 e. The Kier molecular flexibility index (Phi) is 6.08. The number of carbonyl (C=O) groups excluding carboxylic acids is 3. The predicted octanol–water partition coefficient (Wildman–Crippen LogP) is 0.850. The molecule has 0 unspecified atom stereocenters. The van der Waals surface area contributed by atoms with Gasteiger partial charge in [0, 0.05) is 17.5 Å². The highest BCUT2D eigenvalue weighted by molar-refractivity contribution is 6.24. The van der Waals surface area contributed by atoms with E-state index in [4.69, 9.17) is 5.73 Å². The van der Waals surface area contributed by atoms with Gasteiger partial charge in [0.2, 0.25) is 5.78 Å². The molecule has 0 aromatic heterocycles. The number of phenols is 1. The van der Waals surface area contributed by atoms with Gasteiger partial charge in [-0.1, -0.05) is 25.8 Å². The average Bonchev–Trinajstić information content (AvgIpc) is 3.35. The zero-order valence-corrected chi connectivity index (χ0v) is 21.4. The molecule has 204 valence electrons. The van der Waals surface area contributed by atoms with Gasteiger partial charge in [-0.2, -0.15) is 0 Å². The Bertz CT molecular complexity index is 1310. The van der Waals surface area contributed by atoms with Gasteiger partial charge in [0.1, 0.15) is 22.8 Å². The van der Waals surface area contributed by atoms with E-state index in [-0.39, 0.29) is 17.4 Å². The molecule has 11 heteroatoms. The van der Waals surface area contributed by atoms with E-state index in [2.05, 4.69) is 5.32 Å². The van der Waals surface area contributed by atoms with Gasteiger partial charge in [-0.25, -0.2) is 0 Å². The molecular formula is C27H33N3O8. The second kappa shape index (κ2) is 8.82. The first-order chi connectivity index (χ1) is 17.8. The van der Waals surface area contributed by atoms with Crippen molar-refractivity contribution in [3.63, 3.8) is 0 Å². The number of nitrogens with one attached hydrogen (secondary N) is 1. The Morgan fingerprint density at radius 3 is 2.34 bits per heavy atom. The predicted molar refractivity (Wildman–Crippen MR) is 136 cm³/mol. The maximum absolute atomic E-state index is 14.0. The van der Waals surface area contributed by atoms with E-state index in [1.165, 1.54) is 19.0 Å². The molecule has 8 N–H and O–H groups in total. The molecule has 6 atom stereocenters. The molecule has 0 heterocycles. The number of amides is 1. The van der Waals surface area contributed by atoms with Gasteiger partial charge in [-0.3, -0.25) is 19.3 Å². The summed E-state index contributed by atoms with van der Waals surface area (Å²) in [7, 11) is 2.95. The minimum absolute atomic E-state index is 0.0102. The third-order valence-electron chi connectivity index (χ3n) is 8.84. The number of aliphatic hydroxyl groups excluding tert-OH is 3. The van der Waals surface area contributed by atoms with Crippen molar-refractivity contribution in [2.24, 2.45) is 17.6 Å². The van der Waals surface area contributed by atoms with Crippen molar-refractivity contribution in [2.45, 2.75) is 62.3 Å². The lowest BCUT2D eigenvalue weighted by molar-refractivity contribution is -0.169. The molecule has 0 radical (unpaired) electrons. The molecule has 1 aromatic carbocycles. The van der Waals surface area contributed by atoms with Crippen LogP contribution in [0.5, 0.6) is 5.75 Å². The molecule has 1 amide bonds. The van der Waals surface area contributed by atoms with Gasteiger partial charge in [0.05, 0.1) is 29.3 Å². The topological polar surface area (TPSA) is 194 Å². The molecular weight excluding hydrogens is 494 g/mol. The third kappa shape index (κ3) is 3.35. The summed E-state index contributed by atoms with van der Waals surface area (Å²) < 4.78 is 0. The van der Waals surface area contributed by atoms with E-state index >= 15 is 0 Å². The number of ketones is 2. The Morgan fingerprint density at radius 2 is 1.76 bits per heavy atom. The standard InChI is InChI=1S/C27H33N3O8/c1-10-12-8-9-13(29-11-6-4-5-7-11)20(31)15(12)21(32)16-14(10)22(33)18-19(30(2)3)23(34)17(26(28)37)25(36)27(18,38)24(16)35/h8-11,14,18-19,22,29,31-33,36,38H,4-7H2,1-3H3,(H2,28,37)/t10-,14+,18+,19-,22-,27-/m1/s1. The molecule has 0 saturated heterocycles. The van der Waals surface area contributed by atoms with Crippen LogP contribution in [-0.2, 0) is 14.4 Å². The first kappa shape index (κ1) is 26.2. The second-order valence-corrected chi connectivity index (χ2v) is 11.1. The SMILES string of the molecule is C[C@@H]1c2ccc(NC3CCCC3)c(O)c2C(O)=C2C(=O)[C@@]3(O)C(O)=C(C(N)=O)C(=O)[C@H](N(C)C)[C@H]3[C@H](O)[C@H]21. The van der Waals surface area contributed by atoms with Crippen molar-refractivity contribution in [2.75, 3.05) is 19.4 Å². The number of anilines is 1. The third-order valence-corrected chi connectivity index (χ3v) is 8.84. The number of carbonyl (C=O) groups is 3. The Balaban J connectivity index is 1.72. The Labute approximate surface area is 219 Å². The molecule has 4 aliphatic rings. The molecule has 0 spiro atoms. The number of aromatic hydroxyl groups is 1. The van der Waals surface area contributed by atoms with Gasteiger partial charge in [-0.15, -0.1) is 0 Å². The van der Waals surface area contributed by atoms with Crippen LogP contribution < -0.4 is 11.1 Å². The number of Topliss-reactive ketones (excluding diaryl/α,β-unsaturated/α-hetero) is 2. The molecule has 5 rings (SSSR count). The zero-order chi connectivity index (χ0) is 27.8. The van der Waals surface area contributed by atoms with Crippen LogP contribution in [0.4, 0.5) is 5.69 Å². The summed E-state index contributed by atoms with van der Waals surface area (Å²) in [5.41, 5.74) is 1.93. The van der Waals surface area contributed by atoms with Crippen LogP contribution in [0.15, 0.2) is 29.0 Å². The fourth-order valence-corrected chi connectivity index (χ4v) is 7.02. The number of fused-ring (bicyclic) bond motifs is 3. The number of rotatable bonds is 4. The van der Waals surface area contributed by atoms with Crippen LogP contribution in [0.25, 0.3) is 5.76 Å². The zero-order valence-electron chi connectivity index (χ0n) is 21.4. The average molecular weight is 528 g/mol. The van der Waals surface area contributed by atoms with Gasteiger partial charge in [0.15, 0.2) is 11.4 Å². The number of likely N-dealkylation sites (N-methyl/N-ethyl adjacent to an activating group) is 1. The maximum atomic E-state index is 14.0. The fourth-order valence-electron chi connectivity index (χ4n) is 7.02. The van der Waals surface area contributed by atoms with Crippen LogP contribution in [-0.4, -0.2) is 85.8 Å². The molecule has 1 aromatic rings. The quantitative estimate of drug-likeness (QED) is 0.218. The highest BCUT2D eigenvalue weighted by Gasteiger charge is 2.68. The molecule has 38 heavy (non-hydrogen) atoms. The first-order valence-corrected chi connectivity index (χ1v) is 12.8. The van der Waals surface area contributed by atoms with Crippen molar-refractivity contribution in [3.8, 4) is 5.75 Å². The second-order valence-electron chi connectivity index (χ2n) is 11.1. The van der Waals surface area contributed by atoms with Crippen molar-refractivity contribution in [3.05, 3.63) is 40.2 Å². The molecule has 2 saturated carbocycles. The van der Waals surface area contributed by atoms with E-state index in [1.807, 2.05) is 0 Å². The summed E-state index contributed by atoms with van der Waals surface area (Å²) in [5.74, 6) is -8.88. The summed E-state index contributed by atoms with van der Waals surface area (Å²) in [5, 5.41) is 60.2.